The van der Waals surface area contributed by atoms with E-state index < -0.39 is 0 Å². The van der Waals surface area contributed by atoms with E-state index in [0.29, 0.717) is 0 Å². The Morgan fingerprint density at radius 2 is 2.12 bits per heavy atom. The highest BCUT2D eigenvalue weighted by atomic mass is 32.2. The van der Waals surface area contributed by atoms with Crippen molar-refractivity contribution in [3.05, 3.63) is 29.3 Å². The summed E-state index contributed by atoms with van der Waals surface area (Å²) in [6, 6.07) is 6.00. The molecule has 0 spiro atoms. The van der Waals surface area contributed by atoms with Crippen molar-refractivity contribution in [1.82, 2.24) is 0 Å². The fraction of sp³-hybridized carbons (Fsp3) is 0.417. The summed E-state index contributed by atoms with van der Waals surface area (Å²) in [5.74, 6) is 2.44. The molecular formula is C12H17N3OS. The van der Waals surface area contributed by atoms with E-state index in [0.717, 1.165) is 35.8 Å². The molecule has 17 heavy (non-hydrogen) atoms. The number of hydrogen-bond acceptors (Lipinski definition) is 4. The standard InChI is InChI=1S/C12H17N3OS/c1-9-2-3-10(12(13)14-16)11(8-9)15-4-6-17-7-5-15/h2-3,8,16H,4-7H2,1H3,(H2,13,14). The molecule has 1 saturated heterocycles. The third kappa shape index (κ3) is 2.66. The van der Waals surface area contributed by atoms with E-state index in [2.05, 4.69) is 23.0 Å². The van der Waals surface area contributed by atoms with E-state index in [1.807, 2.05) is 23.9 Å². The number of anilines is 1. The van der Waals surface area contributed by atoms with Crippen molar-refractivity contribution in [2.24, 2.45) is 10.9 Å². The van der Waals surface area contributed by atoms with E-state index in [1.165, 1.54) is 5.56 Å². The summed E-state index contributed by atoms with van der Waals surface area (Å²) in [7, 11) is 0. The molecule has 1 heterocycles. The van der Waals surface area contributed by atoms with E-state index >= 15 is 0 Å². The Bertz CT molecular complexity index is 428. The Labute approximate surface area is 105 Å². The van der Waals surface area contributed by atoms with Crippen molar-refractivity contribution in [3.8, 4) is 0 Å². The number of hydrogen-bond donors (Lipinski definition) is 2. The van der Waals surface area contributed by atoms with Gasteiger partial charge in [0.15, 0.2) is 5.84 Å². The maximum atomic E-state index is 8.82. The van der Waals surface area contributed by atoms with Crippen molar-refractivity contribution in [2.45, 2.75) is 6.92 Å². The molecule has 92 valence electrons. The summed E-state index contributed by atoms with van der Waals surface area (Å²) < 4.78 is 0. The number of rotatable bonds is 2. The summed E-state index contributed by atoms with van der Waals surface area (Å²) >= 11 is 1.96. The van der Waals surface area contributed by atoms with Gasteiger partial charge in [-0.2, -0.15) is 11.8 Å². The van der Waals surface area contributed by atoms with Crippen LogP contribution in [0.2, 0.25) is 0 Å². The molecule has 3 N–H and O–H groups in total. The van der Waals surface area contributed by atoms with Crippen LogP contribution in [-0.4, -0.2) is 35.6 Å². The normalized spacial score (nSPS) is 17.2. The van der Waals surface area contributed by atoms with Gasteiger partial charge in [0.05, 0.1) is 0 Å². The lowest BCUT2D eigenvalue weighted by atomic mass is 10.1. The summed E-state index contributed by atoms with van der Waals surface area (Å²) in [5.41, 5.74) is 8.79. The average molecular weight is 251 g/mol. The maximum Gasteiger partial charge on any atom is 0.172 e. The lowest BCUT2D eigenvalue weighted by molar-refractivity contribution is 0.318. The van der Waals surface area contributed by atoms with Crippen LogP contribution in [0.4, 0.5) is 5.69 Å². The third-order valence-electron chi connectivity index (χ3n) is 2.89. The third-order valence-corrected chi connectivity index (χ3v) is 3.83. The molecule has 0 aliphatic carbocycles. The number of thioether (sulfide) groups is 1. The largest absolute Gasteiger partial charge is 0.409 e. The topological polar surface area (TPSA) is 61.9 Å². The molecule has 0 bridgehead atoms. The van der Waals surface area contributed by atoms with Crippen LogP contribution >= 0.6 is 11.8 Å². The smallest absolute Gasteiger partial charge is 0.172 e. The molecule has 5 heteroatoms. The van der Waals surface area contributed by atoms with Crippen LogP contribution in [0.3, 0.4) is 0 Å². The van der Waals surface area contributed by atoms with Crippen LogP contribution in [0.5, 0.6) is 0 Å². The number of aryl methyl sites for hydroxylation is 1. The zero-order valence-corrected chi connectivity index (χ0v) is 10.7. The first-order valence-corrected chi connectivity index (χ1v) is 6.79. The van der Waals surface area contributed by atoms with Crippen molar-refractivity contribution in [2.75, 3.05) is 29.5 Å². The van der Waals surface area contributed by atoms with Gasteiger partial charge in [-0.3, -0.25) is 0 Å². The Balaban J connectivity index is 2.38. The van der Waals surface area contributed by atoms with E-state index in [9.17, 15) is 0 Å². The van der Waals surface area contributed by atoms with Gasteiger partial charge in [-0.05, 0) is 24.6 Å². The molecule has 1 aliphatic rings. The summed E-state index contributed by atoms with van der Waals surface area (Å²) in [6.45, 7) is 4.08. The van der Waals surface area contributed by atoms with Crippen molar-refractivity contribution < 1.29 is 5.21 Å². The van der Waals surface area contributed by atoms with Crippen molar-refractivity contribution in [1.29, 1.82) is 0 Å². The van der Waals surface area contributed by atoms with E-state index in [4.69, 9.17) is 10.9 Å². The fourth-order valence-electron chi connectivity index (χ4n) is 1.98. The second kappa shape index (κ2) is 5.31. The molecule has 1 aromatic rings. The number of benzene rings is 1. The molecule has 4 nitrogen and oxygen atoms in total. The molecule has 0 radical (unpaired) electrons. The molecule has 0 amide bonds. The minimum atomic E-state index is 0.179. The van der Waals surface area contributed by atoms with Crippen molar-refractivity contribution >= 4 is 23.3 Å². The van der Waals surface area contributed by atoms with Gasteiger partial charge in [-0.25, -0.2) is 0 Å². The Morgan fingerprint density at radius 1 is 1.41 bits per heavy atom. The molecule has 1 aromatic carbocycles. The van der Waals surface area contributed by atoms with Crippen LogP contribution < -0.4 is 10.6 Å². The number of amidine groups is 1. The SMILES string of the molecule is Cc1ccc(C(N)=NO)c(N2CCSCC2)c1. The molecular weight excluding hydrogens is 234 g/mol. The van der Waals surface area contributed by atoms with Gasteiger partial charge in [-0.1, -0.05) is 11.2 Å². The fourth-order valence-corrected chi connectivity index (χ4v) is 2.88. The van der Waals surface area contributed by atoms with E-state index in [-0.39, 0.29) is 5.84 Å². The molecule has 0 saturated carbocycles. The number of nitrogens with two attached hydrogens (primary N) is 1. The molecule has 0 atom stereocenters. The Morgan fingerprint density at radius 3 is 2.76 bits per heavy atom. The number of nitrogens with zero attached hydrogens (tertiary/aromatic N) is 2. The highest BCUT2D eigenvalue weighted by Gasteiger charge is 2.16. The molecule has 0 aromatic heterocycles. The van der Waals surface area contributed by atoms with Crippen molar-refractivity contribution in [3.63, 3.8) is 0 Å². The molecule has 0 unspecified atom stereocenters. The first kappa shape index (κ1) is 12.1. The molecule has 2 rings (SSSR count). The molecule has 1 aliphatic heterocycles. The van der Waals surface area contributed by atoms with Gasteiger partial charge in [0.2, 0.25) is 0 Å². The van der Waals surface area contributed by atoms with Crippen LogP contribution in [0.15, 0.2) is 23.4 Å². The second-order valence-electron chi connectivity index (χ2n) is 4.11. The van der Waals surface area contributed by atoms with E-state index in [1.54, 1.807) is 0 Å². The Kier molecular flexibility index (Phi) is 3.78. The highest BCUT2D eigenvalue weighted by molar-refractivity contribution is 7.99. The van der Waals surface area contributed by atoms with Crippen LogP contribution in [0.25, 0.3) is 0 Å². The van der Waals surface area contributed by atoms with Crippen LogP contribution in [0, 0.1) is 6.92 Å². The lowest BCUT2D eigenvalue weighted by Gasteiger charge is -2.30. The maximum absolute atomic E-state index is 8.82. The first-order valence-electron chi connectivity index (χ1n) is 5.63. The van der Waals surface area contributed by atoms with Crippen LogP contribution in [0.1, 0.15) is 11.1 Å². The van der Waals surface area contributed by atoms with Gasteiger partial charge in [0.25, 0.3) is 0 Å². The van der Waals surface area contributed by atoms with Gasteiger partial charge in [-0.15, -0.1) is 0 Å². The summed E-state index contributed by atoms with van der Waals surface area (Å²) in [6.07, 6.45) is 0. The highest BCUT2D eigenvalue weighted by Crippen LogP contribution is 2.25. The summed E-state index contributed by atoms with van der Waals surface area (Å²) in [4.78, 5) is 2.30. The lowest BCUT2D eigenvalue weighted by Crippen LogP contribution is -2.34. The minimum absolute atomic E-state index is 0.179. The summed E-state index contributed by atoms with van der Waals surface area (Å²) in [5, 5.41) is 11.9. The predicted molar refractivity (Wildman–Crippen MR) is 73.2 cm³/mol. The predicted octanol–water partition coefficient (Wildman–Crippen LogP) is 1.64. The monoisotopic (exact) mass is 251 g/mol. The number of oxime groups is 1. The van der Waals surface area contributed by atoms with Gasteiger partial charge in [0.1, 0.15) is 0 Å². The second-order valence-corrected chi connectivity index (χ2v) is 5.33. The average Bonchev–Trinajstić information content (AvgIpc) is 2.39. The zero-order valence-electron chi connectivity index (χ0n) is 9.89. The zero-order chi connectivity index (χ0) is 12.3. The van der Waals surface area contributed by atoms with Crippen LogP contribution in [-0.2, 0) is 0 Å². The van der Waals surface area contributed by atoms with Gasteiger partial charge < -0.3 is 15.8 Å². The molecule has 1 fully saturated rings. The van der Waals surface area contributed by atoms with Gasteiger partial charge in [0, 0.05) is 35.8 Å². The quantitative estimate of drug-likeness (QED) is 0.363. The Hall–Kier alpha value is -1.36. The van der Waals surface area contributed by atoms with Gasteiger partial charge >= 0.3 is 0 Å². The first-order chi connectivity index (χ1) is 8.22. The minimum Gasteiger partial charge on any atom is -0.409 e.